The van der Waals surface area contributed by atoms with Crippen LogP contribution in [0, 0.1) is 13.8 Å². The van der Waals surface area contributed by atoms with Crippen molar-refractivity contribution in [3.05, 3.63) is 75.1 Å². The number of likely N-dealkylation sites (tertiary alicyclic amines) is 1. The first kappa shape index (κ1) is 20.6. The Labute approximate surface area is 177 Å². The van der Waals surface area contributed by atoms with E-state index < -0.39 is 0 Å². The third-order valence-electron chi connectivity index (χ3n) is 6.54. The number of benzene rings is 2. The molecule has 1 aliphatic heterocycles. The molecule has 0 radical (unpaired) electrons. The van der Waals surface area contributed by atoms with Crippen LogP contribution in [0.4, 0.5) is 0 Å². The fourth-order valence-corrected chi connectivity index (χ4v) is 4.65. The Hall–Kier alpha value is -2.63. The Kier molecular flexibility index (Phi) is 6.21. The van der Waals surface area contributed by atoms with Gasteiger partial charge in [-0.05, 0) is 49.2 Å². The molecule has 2 heterocycles. The molecule has 3 aromatic rings. The van der Waals surface area contributed by atoms with Gasteiger partial charge in [-0.25, -0.2) is 4.79 Å². The molecule has 0 aliphatic carbocycles. The lowest BCUT2D eigenvalue weighted by Gasteiger charge is -2.24. The molecule has 5 heteroatoms. The second-order valence-corrected chi connectivity index (χ2v) is 8.39. The zero-order valence-corrected chi connectivity index (χ0v) is 18.2. The maximum atomic E-state index is 12.2. The summed E-state index contributed by atoms with van der Waals surface area (Å²) in [5, 5.41) is 3.38. The van der Waals surface area contributed by atoms with Crippen molar-refractivity contribution in [2.75, 3.05) is 26.7 Å². The largest absolute Gasteiger partial charge is 0.497 e. The van der Waals surface area contributed by atoms with Crippen molar-refractivity contribution in [3.8, 4) is 5.75 Å². The molecular formula is C25H32N2O3+2. The van der Waals surface area contributed by atoms with E-state index in [0.717, 1.165) is 46.5 Å². The molecule has 5 nitrogen and oxygen atoms in total. The van der Waals surface area contributed by atoms with Gasteiger partial charge in [0.1, 0.15) is 24.4 Å². The number of rotatable bonds is 7. The van der Waals surface area contributed by atoms with Gasteiger partial charge in [-0.1, -0.05) is 12.1 Å². The quantitative estimate of drug-likeness (QED) is 0.587. The minimum atomic E-state index is -0.267. The maximum Gasteiger partial charge on any atom is 0.336 e. The van der Waals surface area contributed by atoms with Crippen molar-refractivity contribution in [2.24, 2.45) is 0 Å². The monoisotopic (exact) mass is 408 g/mol. The van der Waals surface area contributed by atoms with Crippen LogP contribution in [0.1, 0.15) is 41.1 Å². The first-order valence-corrected chi connectivity index (χ1v) is 10.9. The van der Waals surface area contributed by atoms with Crippen LogP contribution in [0.15, 0.2) is 51.7 Å². The van der Waals surface area contributed by atoms with Crippen LogP contribution in [0.5, 0.6) is 5.75 Å². The molecule has 0 saturated carbocycles. The Morgan fingerprint density at radius 3 is 2.53 bits per heavy atom. The Balaban J connectivity index is 1.54. The van der Waals surface area contributed by atoms with Gasteiger partial charge < -0.3 is 19.4 Å². The van der Waals surface area contributed by atoms with E-state index in [4.69, 9.17) is 9.15 Å². The summed E-state index contributed by atoms with van der Waals surface area (Å²) in [6, 6.07) is 14.8. The molecule has 30 heavy (non-hydrogen) atoms. The van der Waals surface area contributed by atoms with Crippen LogP contribution >= 0.6 is 0 Å². The third-order valence-corrected chi connectivity index (χ3v) is 6.54. The van der Waals surface area contributed by atoms with Crippen LogP contribution in [-0.2, 0) is 6.54 Å². The second-order valence-electron chi connectivity index (χ2n) is 8.39. The molecule has 0 bridgehead atoms. The van der Waals surface area contributed by atoms with Crippen molar-refractivity contribution in [1.29, 1.82) is 0 Å². The summed E-state index contributed by atoms with van der Waals surface area (Å²) in [6.45, 7) is 8.26. The Bertz CT molecular complexity index is 1070. The molecule has 158 valence electrons. The molecular weight excluding hydrogens is 376 g/mol. The van der Waals surface area contributed by atoms with Gasteiger partial charge in [0.25, 0.3) is 0 Å². The molecule has 1 fully saturated rings. The molecule has 1 atom stereocenters. The third kappa shape index (κ3) is 4.27. The van der Waals surface area contributed by atoms with Gasteiger partial charge in [0.05, 0.1) is 20.2 Å². The fourth-order valence-electron chi connectivity index (χ4n) is 4.65. The Morgan fingerprint density at radius 1 is 1.10 bits per heavy atom. The lowest BCUT2D eigenvalue weighted by molar-refractivity contribution is -0.935. The number of methoxy groups -OCH3 is 1. The van der Waals surface area contributed by atoms with Crippen molar-refractivity contribution in [1.82, 2.24) is 0 Å². The summed E-state index contributed by atoms with van der Waals surface area (Å²) >= 11 is 0. The lowest BCUT2D eigenvalue weighted by Crippen LogP contribution is -3.13. The van der Waals surface area contributed by atoms with Gasteiger partial charge >= 0.3 is 5.63 Å². The number of nitrogens with two attached hydrogens (primary N) is 1. The number of aryl methyl sites for hydroxylation is 2. The first-order chi connectivity index (χ1) is 14.6. The summed E-state index contributed by atoms with van der Waals surface area (Å²) in [4.78, 5) is 13.8. The minimum Gasteiger partial charge on any atom is -0.497 e. The highest BCUT2D eigenvalue weighted by molar-refractivity contribution is 5.83. The summed E-state index contributed by atoms with van der Waals surface area (Å²) < 4.78 is 10.9. The summed E-state index contributed by atoms with van der Waals surface area (Å²) in [7, 11) is 1.70. The van der Waals surface area contributed by atoms with Crippen molar-refractivity contribution >= 4 is 11.0 Å². The van der Waals surface area contributed by atoms with E-state index >= 15 is 0 Å². The number of ether oxygens (including phenoxy) is 1. The zero-order chi connectivity index (χ0) is 21.1. The summed E-state index contributed by atoms with van der Waals surface area (Å²) in [5.74, 6) is 0.894. The van der Waals surface area contributed by atoms with Crippen LogP contribution in [0.25, 0.3) is 11.0 Å². The highest BCUT2D eigenvalue weighted by Gasteiger charge is 2.29. The molecule has 0 amide bonds. The van der Waals surface area contributed by atoms with Gasteiger partial charge in [-0.3, -0.25) is 0 Å². The van der Waals surface area contributed by atoms with Crippen LogP contribution in [0.3, 0.4) is 0 Å². The van der Waals surface area contributed by atoms with Crippen molar-refractivity contribution < 1.29 is 19.4 Å². The van der Waals surface area contributed by atoms with Crippen LogP contribution in [-0.4, -0.2) is 26.7 Å². The number of quaternary nitrogens is 2. The first-order valence-electron chi connectivity index (χ1n) is 10.9. The predicted molar refractivity (Wildman–Crippen MR) is 118 cm³/mol. The van der Waals surface area contributed by atoms with E-state index in [2.05, 4.69) is 41.7 Å². The normalized spacial score (nSPS) is 15.6. The van der Waals surface area contributed by atoms with Gasteiger partial charge in [0, 0.05) is 35.4 Å². The number of hydrogen-bond donors (Lipinski definition) is 2. The fraction of sp³-hybridized carbons (Fsp3) is 0.400. The van der Waals surface area contributed by atoms with Crippen LogP contribution < -0.4 is 20.6 Å². The van der Waals surface area contributed by atoms with Crippen molar-refractivity contribution in [2.45, 2.75) is 39.3 Å². The van der Waals surface area contributed by atoms with Crippen molar-refractivity contribution in [3.63, 3.8) is 0 Å². The minimum absolute atomic E-state index is 0.267. The SMILES string of the molecule is COc1ccc([C@@H](C[NH2+]Cc2cc(=O)oc3c(C)c(C)ccc23)[NH+]2CCCC2)cc1. The van der Waals surface area contributed by atoms with Gasteiger partial charge in [0.15, 0.2) is 6.04 Å². The highest BCUT2D eigenvalue weighted by Crippen LogP contribution is 2.23. The second kappa shape index (κ2) is 9.02. The van der Waals surface area contributed by atoms with Gasteiger partial charge in [0.2, 0.25) is 0 Å². The number of nitrogens with one attached hydrogen (secondary N) is 1. The van der Waals surface area contributed by atoms with Gasteiger partial charge in [-0.15, -0.1) is 0 Å². The van der Waals surface area contributed by atoms with E-state index in [0.29, 0.717) is 6.04 Å². The molecule has 1 saturated heterocycles. The number of hydrogen-bond acceptors (Lipinski definition) is 3. The summed E-state index contributed by atoms with van der Waals surface area (Å²) in [6.07, 6.45) is 2.59. The zero-order valence-electron chi connectivity index (χ0n) is 18.2. The van der Waals surface area contributed by atoms with E-state index in [1.807, 2.05) is 13.8 Å². The molecule has 0 unspecified atom stereocenters. The van der Waals surface area contributed by atoms with E-state index in [1.54, 1.807) is 18.1 Å². The van der Waals surface area contributed by atoms with E-state index in [1.165, 1.54) is 31.5 Å². The summed E-state index contributed by atoms with van der Waals surface area (Å²) in [5.41, 5.74) is 5.05. The highest BCUT2D eigenvalue weighted by atomic mass is 16.5. The Morgan fingerprint density at radius 2 is 1.83 bits per heavy atom. The molecule has 1 aromatic heterocycles. The molecule has 4 rings (SSSR count). The predicted octanol–water partition coefficient (Wildman–Crippen LogP) is 1.90. The number of fused-ring (bicyclic) bond motifs is 1. The average Bonchev–Trinajstić information content (AvgIpc) is 3.29. The lowest BCUT2D eigenvalue weighted by atomic mass is 10.0. The molecule has 0 spiro atoms. The van der Waals surface area contributed by atoms with E-state index in [9.17, 15) is 4.79 Å². The smallest absolute Gasteiger partial charge is 0.336 e. The van der Waals surface area contributed by atoms with E-state index in [-0.39, 0.29) is 5.63 Å². The maximum absolute atomic E-state index is 12.2. The topological polar surface area (TPSA) is 60.5 Å². The molecule has 2 aromatic carbocycles. The van der Waals surface area contributed by atoms with Crippen LogP contribution in [0.2, 0.25) is 0 Å². The molecule has 3 N–H and O–H groups in total. The average molecular weight is 409 g/mol. The molecule has 1 aliphatic rings. The standard InChI is InChI=1S/C25H30N2O3/c1-17-6-11-22-20(14-24(28)30-25(22)18(17)2)15-26-16-23(27-12-4-5-13-27)19-7-9-21(29-3)10-8-19/h6-11,14,23,26H,4-5,12-13,15-16H2,1-3H3/p+2/t23-/m1/s1. The van der Waals surface area contributed by atoms with Gasteiger partial charge in [-0.2, -0.15) is 0 Å².